The molecular formula is C14H13BrO2. The topological polar surface area (TPSA) is 18.5 Å². The highest BCUT2D eigenvalue weighted by Crippen LogP contribution is 2.32. The molecular weight excluding hydrogens is 280 g/mol. The molecule has 0 bridgehead atoms. The number of hydrogen-bond acceptors (Lipinski definition) is 2. The maximum atomic E-state index is 5.76. The Morgan fingerprint density at radius 2 is 1.76 bits per heavy atom. The molecule has 0 aliphatic heterocycles. The average molecular weight is 293 g/mol. The Bertz CT molecular complexity index is 483. The van der Waals surface area contributed by atoms with Crippen molar-refractivity contribution in [1.82, 2.24) is 0 Å². The van der Waals surface area contributed by atoms with Gasteiger partial charge >= 0.3 is 0 Å². The van der Waals surface area contributed by atoms with Crippen LogP contribution in [0.15, 0.2) is 48.5 Å². The van der Waals surface area contributed by atoms with Gasteiger partial charge in [-0.15, -0.1) is 0 Å². The van der Waals surface area contributed by atoms with Gasteiger partial charge in [0.2, 0.25) is 0 Å². The van der Waals surface area contributed by atoms with Gasteiger partial charge in [0.1, 0.15) is 5.75 Å². The molecule has 2 aromatic carbocycles. The van der Waals surface area contributed by atoms with Gasteiger partial charge < -0.3 is 9.47 Å². The second-order valence-electron chi connectivity index (χ2n) is 3.53. The number of hydrogen-bond donors (Lipinski definition) is 0. The summed E-state index contributed by atoms with van der Waals surface area (Å²) in [5.74, 6) is 2.27. The predicted octanol–water partition coefficient (Wildman–Crippen LogP) is 4.38. The predicted molar refractivity (Wildman–Crippen MR) is 72.1 cm³/mol. The smallest absolute Gasteiger partial charge is 0.169 e. The summed E-state index contributed by atoms with van der Waals surface area (Å²) < 4.78 is 11.1. The van der Waals surface area contributed by atoms with Gasteiger partial charge in [0.25, 0.3) is 0 Å². The first-order chi connectivity index (χ1) is 8.33. The van der Waals surface area contributed by atoms with E-state index >= 15 is 0 Å². The summed E-state index contributed by atoms with van der Waals surface area (Å²) in [6, 6.07) is 15.6. The highest BCUT2D eigenvalue weighted by atomic mass is 79.9. The summed E-state index contributed by atoms with van der Waals surface area (Å²) in [7, 11) is 1.64. The van der Waals surface area contributed by atoms with E-state index in [1.54, 1.807) is 7.11 Å². The van der Waals surface area contributed by atoms with Crippen LogP contribution in [0.25, 0.3) is 0 Å². The zero-order valence-corrected chi connectivity index (χ0v) is 11.1. The van der Waals surface area contributed by atoms with Crippen molar-refractivity contribution in [3.63, 3.8) is 0 Å². The molecule has 0 atom stereocenters. The normalized spacial score (nSPS) is 10.0. The SMILES string of the molecule is COc1cc(CBr)ccc1Oc1ccccc1. The van der Waals surface area contributed by atoms with E-state index in [9.17, 15) is 0 Å². The summed E-state index contributed by atoms with van der Waals surface area (Å²) in [4.78, 5) is 0. The third kappa shape index (κ3) is 3.01. The van der Waals surface area contributed by atoms with Crippen molar-refractivity contribution >= 4 is 15.9 Å². The Balaban J connectivity index is 2.26. The lowest BCUT2D eigenvalue weighted by molar-refractivity contribution is 0.378. The molecule has 0 N–H and O–H groups in total. The first kappa shape index (κ1) is 12.0. The highest BCUT2D eigenvalue weighted by molar-refractivity contribution is 9.08. The van der Waals surface area contributed by atoms with Crippen LogP contribution in [-0.2, 0) is 5.33 Å². The number of ether oxygens (including phenoxy) is 2. The van der Waals surface area contributed by atoms with Crippen molar-refractivity contribution in [1.29, 1.82) is 0 Å². The van der Waals surface area contributed by atoms with Crippen LogP contribution in [-0.4, -0.2) is 7.11 Å². The standard InChI is InChI=1S/C14H13BrO2/c1-16-14-9-11(10-15)7-8-13(14)17-12-5-3-2-4-6-12/h2-9H,10H2,1H3. The van der Waals surface area contributed by atoms with Crippen molar-refractivity contribution in [3.8, 4) is 17.2 Å². The van der Waals surface area contributed by atoms with Crippen molar-refractivity contribution in [2.24, 2.45) is 0 Å². The van der Waals surface area contributed by atoms with Crippen molar-refractivity contribution in [2.45, 2.75) is 5.33 Å². The van der Waals surface area contributed by atoms with Crippen molar-refractivity contribution in [2.75, 3.05) is 7.11 Å². The van der Waals surface area contributed by atoms with Gasteiger partial charge in [-0.05, 0) is 29.8 Å². The molecule has 2 rings (SSSR count). The molecule has 88 valence electrons. The average Bonchev–Trinajstić information content (AvgIpc) is 2.40. The van der Waals surface area contributed by atoms with Crippen molar-refractivity contribution < 1.29 is 9.47 Å². The van der Waals surface area contributed by atoms with Crippen LogP contribution in [0.2, 0.25) is 0 Å². The van der Waals surface area contributed by atoms with E-state index in [1.165, 1.54) is 0 Å². The van der Waals surface area contributed by atoms with Gasteiger partial charge in [0.15, 0.2) is 11.5 Å². The zero-order chi connectivity index (χ0) is 12.1. The molecule has 3 heteroatoms. The minimum absolute atomic E-state index is 0.725. The van der Waals surface area contributed by atoms with Crippen molar-refractivity contribution in [3.05, 3.63) is 54.1 Å². The molecule has 0 unspecified atom stereocenters. The molecule has 0 aliphatic rings. The third-order valence-electron chi connectivity index (χ3n) is 2.35. The number of benzene rings is 2. The van der Waals surface area contributed by atoms with E-state index in [4.69, 9.17) is 9.47 Å². The lowest BCUT2D eigenvalue weighted by Gasteiger charge is -2.11. The third-order valence-corrected chi connectivity index (χ3v) is 3.00. The lowest BCUT2D eigenvalue weighted by atomic mass is 10.2. The number of methoxy groups -OCH3 is 1. The fraction of sp³-hybridized carbons (Fsp3) is 0.143. The van der Waals surface area contributed by atoms with E-state index in [0.29, 0.717) is 0 Å². The first-order valence-electron chi connectivity index (χ1n) is 5.29. The van der Waals surface area contributed by atoms with Crippen LogP contribution >= 0.6 is 15.9 Å². The molecule has 0 aromatic heterocycles. The zero-order valence-electron chi connectivity index (χ0n) is 9.52. The van der Waals surface area contributed by atoms with E-state index in [0.717, 1.165) is 28.1 Å². The number of rotatable bonds is 4. The second-order valence-corrected chi connectivity index (χ2v) is 4.09. The van der Waals surface area contributed by atoms with Gasteiger partial charge in [0, 0.05) is 5.33 Å². The number of para-hydroxylation sites is 1. The molecule has 0 heterocycles. The van der Waals surface area contributed by atoms with Crippen LogP contribution in [0.1, 0.15) is 5.56 Å². The molecule has 0 radical (unpaired) electrons. The van der Waals surface area contributed by atoms with E-state index in [-0.39, 0.29) is 0 Å². The first-order valence-corrected chi connectivity index (χ1v) is 6.41. The maximum absolute atomic E-state index is 5.76. The van der Waals surface area contributed by atoms with E-state index < -0.39 is 0 Å². The summed E-state index contributed by atoms with van der Waals surface area (Å²) >= 11 is 3.42. The lowest BCUT2D eigenvalue weighted by Crippen LogP contribution is -1.91. The Labute approximate surface area is 109 Å². The van der Waals surface area contributed by atoms with Crippen LogP contribution < -0.4 is 9.47 Å². The van der Waals surface area contributed by atoms with Crippen LogP contribution in [0, 0.1) is 0 Å². The summed E-state index contributed by atoms with van der Waals surface area (Å²) in [5, 5.41) is 0.801. The van der Waals surface area contributed by atoms with Crippen LogP contribution in [0.5, 0.6) is 17.2 Å². The van der Waals surface area contributed by atoms with Crippen LogP contribution in [0.3, 0.4) is 0 Å². The largest absolute Gasteiger partial charge is 0.493 e. The van der Waals surface area contributed by atoms with Crippen LogP contribution in [0.4, 0.5) is 0 Å². The van der Waals surface area contributed by atoms with Gasteiger partial charge in [-0.3, -0.25) is 0 Å². The molecule has 0 saturated carbocycles. The highest BCUT2D eigenvalue weighted by Gasteiger charge is 2.06. The Morgan fingerprint density at radius 1 is 1.00 bits per heavy atom. The van der Waals surface area contributed by atoms with E-state index in [2.05, 4.69) is 15.9 Å². The summed E-state index contributed by atoms with van der Waals surface area (Å²) in [6.45, 7) is 0. The van der Waals surface area contributed by atoms with Gasteiger partial charge in [-0.2, -0.15) is 0 Å². The van der Waals surface area contributed by atoms with E-state index in [1.807, 2.05) is 48.5 Å². The fourth-order valence-electron chi connectivity index (χ4n) is 1.49. The molecule has 0 spiro atoms. The number of alkyl halides is 1. The quantitative estimate of drug-likeness (QED) is 0.779. The Hall–Kier alpha value is -1.48. The van der Waals surface area contributed by atoms with Gasteiger partial charge in [-0.25, -0.2) is 0 Å². The minimum Gasteiger partial charge on any atom is -0.493 e. The molecule has 2 nitrogen and oxygen atoms in total. The summed E-state index contributed by atoms with van der Waals surface area (Å²) in [6.07, 6.45) is 0. The van der Waals surface area contributed by atoms with Gasteiger partial charge in [-0.1, -0.05) is 40.2 Å². The monoisotopic (exact) mass is 292 g/mol. The molecule has 17 heavy (non-hydrogen) atoms. The minimum atomic E-state index is 0.725. The van der Waals surface area contributed by atoms with Gasteiger partial charge in [0.05, 0.1) is 7.11 Å². The number of halogens is 1. The maximum Gasteiger partial charge on any atom is 0.169 e. The second kappa shape index (κ2) is 5.73. The molecule has 0 saturated heterocycles. The Morgan fingerprint density at radius 3 is 2.41 bits per heavy atom. The summed E-state index contributed by atoms with van der Waals surface area (Å²) in [5.41, 5.74) is 1.15. The molecule has 2 aromatic rings. The molecule has 0 amide bonds. The molecule has 0 aliphatic carbocycles. The molecule has 0 fully saturated rings. The Kier molecular flexibility index (Phi) is 4.04. The fourth-order valence-corrected chi connectivity index (χ4v) is 1.84.